The van der Waals surface area contributed by atoms with Crippen molar-refractivity contribution in [2.24, 2.45) is 11.7 Å². The predicted molar refractivity (Wildman–Crippen MR) is 68.7 cm³/mol. The van der Waals surface area contributed by atoms with Gasteiger partial charge in [-0.3, -0.25) is 0 Å². The van der Waals surface area contributed by atoms with E-state index in [0.29, 0.717) is 11.8 Å². The fraction of sp³-hybridized carbons (Fsp3) is 0.846. The van der Waals surface area contributed by atoms with Crippen LogP contribution in [0.5, 0.6) is 0 Å². The van der Waals surface area contributed by atoms with Crippen LogP contribution in [0.1, 0.15) is 57.1 Å². The van der Waals surface area contributed by atoms with Gasteiger partial charge in [0.2, 0.25) is 0 Å². The Morgan fingerprint density at radius 3 is 2.94 bits per heavy atom. The lowest BCUT2D eigenvalue weighted by molar-refractivity contribution is 0.381. The Morgan fingerprint density at radius 2 is 2.18 bits per heavy atom. The van der Waals surface area contributed by atoms with Crippen molar-refractivity contribution in [2.75, 3.05) is 6.54 Å². The first-order chi connectivity index (χ1) is 8.36. The number of nitrogens with two attached hydrogens (primary N) is 1. The van der Waals surface area contributed by atoms with Crippen molar-refractivity contribution < 1.29 is 0 Å². The van der Waals surface area contributed by atoms with E-state index in [1.807, 2.05) is 6.20 Å². The highest BCUT2D eigenvalue weighted by Crippen LogP contribution is 2.35. The predicted octanol–water partition coefficient (Wildman–Crippen LogP) is 2.31. The summed E-state index contributed by atoms with van der Waals surface area (Å²) in [6.07, 6.45) is 9.57. The molecule has 1 aromatic rings. The lowest BCUT2D eigenvalue weighted by atomic mass is 9.85. The smallest absolute Gasteiger partial charge is 0.0728 e. The number of rotatable bonds is 4. The molecular formula is C13H24N4. The van der Waals surface area contributed by atoms with Crippen LogP contribution in [0.15, 0.2) is 6.20 Å². The molecule has 2 unspecified atom stereocenters. The molecule has 0 spiro atoms. The van der Waals surface area contributed by atoms with Gasteiger partial charge in [0.15, 0.2) is 0 Å². The number of aryl methyl sites for hydroxylation is 1. The maximum absolute atomic E-state index is 5.94. The summed E-state index contributed by atoms with van der Waals surface area (Å²) < 4.78 is 2.08. The minimum absolute atomic E-state index is 0.573. The summed E-state index contributed by atoms with van der Waals surface area (Å²) in [5.74, 6) is 1.19. The third-order valence-corrected chi connectivity index (χ3v) is 3.92. The fourth-order valence-electron chi connectivity index (χ4n) is 2.99. The first-order valence-electron chi connectivity index (χ1n) is 6.95. The van der Waals surface area contributed by atoms with E-state index in [1.165, 1.54) is 37.8 Å². The maximum atomic E-state index is 5.94. The van der Waals surface area contributed by atoms with Crippen LogP contribution in [0.4, 0.5) is 0 Å². The molecule has 0 aromatic carbocycles. The van der Waals surface area contributed by atoms with E-state index >= 15 is 0 Å². The highest BCUT2D eigenvalue weighted by molar-refractivity contribution is 5.06. The van der Waals surface area contributed by atoms with Crippen LogP contribution >= 0.6 is 0 Å². The van der Waals surface area contributed by atoms with Crippen LogP contribution in [-0.4, -0.2) is 21.5 Å². The molecule has 96 valence electrons. The highest BCUT2D eigenvalue weighted by atomic mass is 15.4. The molecule has 1 aliphatic rings. The molecule has 2 atom stereocenters. The number of aromatic nitrogens is 3. The van der Waals surface area contributed by atoms with Gasteiger partial charge < -0.3 is 5.73 Å². The Labute approximate surface area is 104 Å². The summed E-state index contributed by atoms with van der Waals surface area (Å²) in [6, 6.07) is 0. The SMILES string of the molecule is CCCn1nncc1C1CCCCCC1CN. The van der Waals surface area contributed by atoms with E-state index < -0.39 is 0 Å². The number of hydrogen-bond acceptors (Lipinski definition) is 3. The van der Waals surface area contributed by atoms with E-state index in [0.717, 1.165) is 19.5 Å². The van der Waals surface area contributed by atoms with Crippen LogP contribution in [0, 0.1) is 5.92 Å². The molecule has 0 radical (unpaired) electrons. The molecular weight excluding hydrogens is 212 g/mol. The maximum Gasteiger partial charge on any atom is 0.0728 e. The van der Waals surface area contributed by atoms with Crippen LogP contribution in [-0.2, 0) is 6.54 Å². The minimum Gasteiger partial charge on any atom is -0.330 e. The van der Waals surface area contributed by atoms with Gasteiger partial charge in [-0.1, -0.05) is 31.4 Å². The summed E-state index contributed by atoms with van der Waals surface area (Å²) in [6.45, 7) is 3.95. The normalized spacial score (nSPS) is 25.8. The molecule has 1 saturated carbocycles. The van der Waals surface area contributed by atoms with Crippen molar-refractivity contribution in [3.8, 4) is 0 Å². The van der Waals surface area contributed by atoms with Crippen LogP contribution in [0.25, 0.3) is 0 Å². The number of nitrogens with zero attached hydrogens (tertiary/aromatic N) is 3. The monoisotopic (exact) mass is 236 g/mol. The molecule has 1 fully saturated rings. The van der Waals surface area contributed by atoms with Gasteiger partial charge in [-0.05, 0) is 31.7 Å². The molecule has 4 nitrogen and oxygen atoms in total. The fourth-order valence-corrected chi connectivity index (χ4v) is 2.99. The molecule has 0 saturated heterocycles. The summed E-state index contributed by atoms with van der Waals surface area (Å²) in [5.41, 5.74) is 7.25. The summed E-state index contributed by atoms with van der Waals surface area (Å²) in [7, 11) is 0. The van der Waals surface area contributed by atoms with Crippen LogP contribution in [0.2, 0.25) is 0 Å². The van der Waals surface area contributed by atoms with E-state index in [-0.39, 0.29) is 0 Å². The zero-order valence-corrected chi connectivity index (χ0v) is 10.8. The van der Waals surface area contributed by atoms with Gasteiger partial charge in [-0.25, -0.2) is 4.68 Å². The zero-order valence-electron chi connectivity index (χ0n) is 10.8. The lowest BCUT2D eigenvalue weighted by Gasteiger charge is -2.24. The van der Waals surface area contributed by atoms with E-state index in [2.05, 4.69) is 21.9 Å². The van der Waals surface area contributed by atoms with Crippen molar-refractivity contribution in [3.05, 3.63) is 11.9 Å². The largest absolute Gasteiger partial charge is 0.330 e. The van der Waals surface area contributed by atoms with Gasteiger partial charge in [0, 0.05) is 12.5 Å². The van der Waals surface area contributed by atoms with Gasteiger partial charge in [-0.15, -0.1) is 5.10 Å². The van der Waals surface area contributed by atoms with Crippen LogP contribution in [0.3, 0.4) is 0 Å². The molecule has 1 aliphatic carbocycles. The number of hydrogen-bond donors (Lipinski definition) is 1. The van der Waals surface area contributed by atoms with Gasteiger partial charge in [0.1, 0.15) is 0 Å². The Balaban J connectivity index is 2.19. The van der Waals surface area contributed by atoms with Crippen LogP contribution < -0.4 is 5.73 Å². The van der Waals surface area contributed by atoms with Crippen molar-refractivity contribution in [3.63, 3.8) is 0 Å². The molecule has 0 aliphatic heterocycles. The van der Waals surface area contributed by atoms with Crippen molar-refractivity contribution in [1.29, 1.82) is 0 Å². The molecule has 0 bridgehead atoms. The molecule has 0 amide bonds. The standard InChI is InChI=1S/C13H24N4/c1-2-8-17-13(10-15-16-17)12-7-5-3-4-6-11(12)9-14/h10-12H,2-9,14H2,1H3. The Kier molecular flexibility index (Phi) is 4.54. The van der Waals surface area contributed by atoms with Gasteiger partial charge in [0.25, 0.3) is 0 Å². The molecule has 1 heterocycles. The van der Waals surface area contributed by atoms with E-state index in [4.69, 9.17) is 5.73 Å². The quantitative estimate of drug-likeness (QED) is 0.816. The Bertz CT molecular complexity index is 334. The van der Waals surface area contributed by atoms with Gasteiger partial charge in [-0.2, -0.15) is 0 Å². The summed E-state index contributed by atoms with van der Waals surface area (Å²) in [5, 5.41) is 8.29. The first kappa shape index (κ1) is 12.6. The van der Waals surface area contributed by atoms with Crippen molar-refractivity contribution >= 4 is 0 Å². The third-order valence-electron chi connectivity index (χ3n) is 3.92. The average Bonchev–Trinajstić information content (AvgIpc) is 2.66. The molecule has 2 rings (SSSR count). The Morgan fingerprint density at radius 1 is 1.35 bits per heavy atom. The van der Waals surface area contributed by atoms with Gasteiger partial charge >= 0.3 is 0 Å². The second-order valence-corrected chi connectivity index (χ2v) is 5.12. The zero-order chi connectivity index (χ0) is 12.1. The highest BCUT2D eigenvalue weighted by Gasteiger charge is 2.26. The lowest BCUT2D eigenvalue weighted by Crippen LogP contribution is -2.23. The second kappa shape index (κ2) is 6.15. The molecule has 1 aromatic heterocycles. The second-order valence-electron chi connectivity index (χ2n) is 5.12. The van der Waals surface area contributed by atoms with E-state index in [9.17, 15) is 0 Å². The Hall–Kier alpha value is -0.900. The molecule has 4 heteroatoms. The first-order valence-corrected chi connectivity index (χ1v) is 6.95. The topological polar surface area (TPSA) is 56.7 Å². The molecule has 2 N–H and O–H groups in total. The van der Waals surface area contributed by atoms with Crippen molar-refractivity contribution in [1.82, 2.24) is 15.0 Å². The summed E-state index contributed by atoms with van der Waals surface area (Å²) in [4.78, 5) is 0. The van der Waals surface area contributed by atoms with Crippen molar-refractivity contribution in [2.45, 2.75) is 57.9 Å². The van der Waals surface area contributed by atoms with E-state index in [1.54, 1.807) is 0 Å². The average molecular weight is 236 g/mol. The third kappa shape index (κ3) is 2.86. The minimum atomic E-state index is 0.573. The molecule has 17 heavy (non-hydrogen) atoms. The summed E-state index contributed by atoms with van der Waals surface area (Å²) >= 11 is 0. The van der Waals surface area contributed by atoms with Gasteiger partial charge in [0.05, 0.1) is 11.9 Å².